The molecule has 0 aromatic rings. The minimum atomic E-state index is -1.15. The van der Waals surface area contributed by atoms with Crippen LogP contribution in [0.1, 0.15) is 47.5 Å². The highest BCUT2D eigenvalue weighted by Gasteiger charge is 2.57. The second-order valence-electron chi connectivity index (χ2n) is 5.56. The van der Waals surface area contributed by atoms with E-state index < -0.39 is 16.8 Å². The van der Waals surface area contributed by atoms with Crippen LogP contribution in [0.4, 0.5) is 0 Å². The Balaban J connectivity index is 2.80. The maximum absolute atomic E-state index is 11.5. The van der Waals surface area contributed by atoms with Gasteiger partial charge in [0, 0.05) is 6.42 Å². The molecule has 1 N–H and O–H groups in total. The summed E-state index contributed by atoms with van der Waals surface area (Å²) in [5, 5.41) is 10.5. The zero-order chi connectivity index (χ0) is 12.6. The molecular weight excluding hydrogens is 208 g/mol. The molecule has 1 rings (SSSR count). The molecular formula is C12H22O4. The summed E-state index contributed by atoms with van der Waals surface area (Å²) in [5.41, 5.74) is -2.29. The van der Waals surface area contributed by atoms with E-state index in [4.69, 9.17) is 9.47 Å². The van der Waals surface area contributed by atoms with Crippen molar-refractivity contribution in [2.24, 2.45) is 0 Å². The van der Waals surface area contributed by atoms with Gasteiger partial charge in [0.05, 0.1) is 24.2 Å². The topological polar surface area (TPSA) is 55.8 Å². The van der Waals surface area contributed by atoms with E-state index in [9.17, 15) is 9.90 Å². The Bertz CT molecular complexity index is 283. The monoisotopic (exact) mass is 230 g/mol. The van der Waals surface area contributed by atoms with Crippen molar-refractivity contribution in [3.63, 3.8) is 0 Å². The molecule has 1 saturated heterocycles. The second-order valence-corrected chi connectivity index (χ2v) is 5.56. The minimum Gasteiger partial charge on any atom is -0.466 e. The maximum atomic E-state index is 11.5. The Labute approximate surface area is 96.9 Å². The maximum Gasteiger partial charge on any atom is 0.308 e. The predicted molar refractivity (Wildman–Crippen MR) is 60.1 cm³/mol. The average Bonchev–Trinajstić information content (AvgIpc) is 2.14. The van der Waals surface area contributed by atoms with Gasteiger partial charge < -0.3 is 14.6 Å². The predicted octanol–water partition coefficient (Wildman–Crippen LogP) is 1.65. The van der Waals surface area contributed by atoms with Gasteiger partial charge in [-0.25, -0.2) is 0 Å². The third-order valence-corrected chi connectivity index (χ3v) is 3.11. The van der Waals surface area contributed by atoms with Gasteiger partial charge in [0.25, 0.3) is 0 Å². The van der Waals surface area contributed by atoms with Crippen LogP contribution in [-0.4, -0.2) is 34.5 Å². The van der Waals surface area contributed by atoms with Gasteiger partial charge >= 0.3 is 5.97 Å². The van der Waals surface area contributed by atoms with E-state index in [1.807, 2.05) is 13.8 Å². The molecule has 0 aliphatic carbocycles. The first-order chi connectivity index (χ1) is 7.12. The summed E-state index contributed by atoms with van der Waals surface area (Å²) >= 11 is 0. The SMILES string of the molecule is CCOC(=O)CC1(O)CC(C)(C)OC1(C)C. The number of carbonyl (C=O) groups excluding carboxylic acids is 1. The Kier molecular flexibility index (Phi) is 3.37. The quantitative estimate of drug-likeness (QED) is 0.749. The molecule has 1 fully saturated rings. The van der Waals surface area contributed by atoms with Crippen LogP contribution >= 0.6 is 0 Å². The summed E-state index contributed by atoms with van der Waals surface area (Å²) in [4.78, 5) is 11.5. The lowest BCUT2D eigenvalue weighted by atomic mass is 9.80. The van der Waals surface area contributed by atoms with Crippen molar-refractivity contribution in [2.45, 2.75) is 64.3 Å². The largest absolute Gasteiger partial charge is 0.466 e. The van der Waals surface area contributed by atoms with Crippen LogP contribution in [0.25, 0.3) is 0 Å². The van der Waals surface area contributed by atoms with Crippen molar-refractivity contribution in [2.75, 3.05) is 6.61 Å². The van der Waals surface area contributed by atoms with Gasteiger partial charge in [-0.2, -0.15) is 0 Å². The molecule has 0 spiro atoms. The molecule has 0 aromatic heterocycles. The molecule has 1 heterocycles. The van der Waals surface area contributed by atoms with Crippen LogP contribution in [0, 0.1) is 0 Å². The molecule has 0 saturated carbocycles. The van der Waals surface area contributed by atoms with Crippen LogP contribution in [-0.2, 0) is 14.3 Å². The highest BCUT2D eigenvalue weighted by atomic mass is 16.6. The van der Waals surface area contributed by atoms with Crippen LogP contribution in [0.5, 0.6) is 0 Å². The summed E-state index contributed by atoms with van der Waals surface area (Å²) in [7, 11) is 0. The minimum absolute atomic E-state index is 0.0166. The number of esters is 1. The standard InChI is InChI=1S/C12H22O4/c1-6-15-9(13)7-12(14)8-10(2,3)16-11(12,4)5/h14H,6-8H2,1-5H3. The number of carbonyl (C=O) groups is 1. The summed E-state index contributed by atoms with van der Waals surface area (Å²) in [6, 6.07) is 0. The fourth-order valence-electron chi connectivity index (χ4n) is 2.47. The molecule has 1 aliphatic heterocycles. The Hall–Kier alpha value is -0.610. The number of hydrogen-bond acceptors (Lipinski definition) is 4. The first-order valence-electron chi connectivity index (χ1n) is 5.70. The molecule has 94 valence electrons. The molecule has 1 aliphatic rings. The number of ether oxygens (including phenoxy) is 2. The van der Waals surface area contributed by atoms with E-state index >= 15 is 0 Å². The molecule has 0 bridgehead atoms. The summed E-state index contributed by atoms with van der Waals surface area (Å²) in [5.74, 6) is -0.376. The van der Waals surface area contributed by atoms with Gasteiger partial charge in [-0.05, 0) is 34.6 Å². The molecule has 0 amide bonds. The van der Waals surface area contributed by atoms with E-state index in [-0.39, 0.29) is 12.4 Å². The van der Waals surface area contributed by atoms with Gasteiger partial charge in [-0.15, -0.1) is 0 Å². The number of rotatable bonds is 3. The first-order valence-corrected chi connectivity index (χ1v) is 5.70. The third-order valence-electron chi connectivity index (χ3n) is 3.11. The van der Waals surface area contributed by atoms with Crippen molar-refractivity contribution in [1.29, 1.82) is 0 Å². The highest BCUT2D eigenvalue weighted by molar-refractivity contribution is 5.71. The van der Waals surface area contributed by atoms with E-state index in [2.05, 4.69) is 0 Å². The molecule has 0 aromatic carbocycles. The van der Waals surface area contributed by atoms with Crippen LogP contribution in [0.2, 0.25) is 0 Å². The summed E-state index contributed by atoms with van der Waals surface area (Å²) in [6.07, 6.45) is 0.420. The number of aliphatic hydroxyl groups is 1. The van der Waals surface area contributed by atoms with Crippen molar-refractivity contribution in [3.05, 3.63) is 0 Å². The summed E-state index contributed by atoms with van der Waals surface area (Å²) < 4.78 is 10.6. The van der Waals surface area contributed by atoms with Crippen LogP contribution in [0.3, 0.4) is 0 Å². The average molecular weight is 230 g/mol. The second kappa shape index (κ2) is 4.00. The van der Waals surface area contributed by atoms with Crippen LogP contribution in [0.15, 0.2) is 0 Å². The number of hydrogen-bond donors (Lipinski definition) is 1. The molecule has 4 heteroatoms. The highest BCUT2D eigenvalue weighted by Crippen LogP contribution is 2.46. The van der Waals surface area contributed by atoms with Gasteiger partial charge in [0.1, 0.15) is 5.60 Å². The Morgan fingerprint density at radius 1 is 1.38 bits per heavy atom. The van der Waals surface area contributed by atoms with E-state index in [0.29, 0.717) is 13.0 Å². The van der Waals surface area contributed by atoms with Crippen molar-refractivity contribution in [3.8, 4) is 0 Å². The fourth-order valence-corrected chi connectivity index (χ4v) is 2.47. The zero-order valence-electron chi connectivity index (χ0n) is 10.8. The van der Waals surface area contributed by atoms with Crippen LogP contribution < -0.4 is 0 Å². The fraction of sp³-hybridized carbons (Fsp3) is 0.917. The lowest BCUT2D eigenvalue weighted by Crippen LogP contribution is -2.48. The van der Waals surface area contributed by atoms with Gasteiger partial charge in [-0.1, -0.05) is 0 Å². The van der Waals surface area contributed by atoms with Crippen molar-refractivity contribution in [1.82, 2.24) is 0 Å². The van der Waals surface area contributed by atoms with Crippen molar-refractivity contribution < 1.29 is 19.4 Å². The first kappa shape index (κ1) is 13.5. The summed E-state index contributed by atoms with van der Waals surface area (Å²) in [6.45, 7) is 9.53. The van der Waals surface area contributed by atoms with E-state index in [1.165, 1.54) is 0 Å². The Morgan fingerprint density at radius 3 is 2.31 bits per heavy atom. The molecule has 4 nitrogen and oxygen atoms in total. The van der Waals surface area contributed by atoms with Gasteiger partial charge in [0.15, 0.2) is 0 Å². The Morgan fingerprint density at radius 2 is 1.94 bits per heavy atom. The van der Waals surface area contributed by atoms with E-state index in [1.54, 1.807) is 20.8 Å². The van der Waals surface area contributed by atoms with Crippen molar-refractivity contribution >= 4 is 5.97 Å². The lowest BCUT2D eigenvalue weighted by molar-refractivity contribution is -0.160. The third kappa shape index (κ3) is 2.55. The molecule has 1 unspecified atom stereocenters. The van der Waals surface area contributed by atoms with Gasteiger partial charge in [-0.3, -0.25) is 4.79 Å². The van der Waals surface area contributed by atoms with E-state index in [0.717, 1.165) is 0 Å². The smallest absolute Gasteiger partial charge is 0.308 e. The zero-order valence-corrected chi connectivity index (χ0v) is 10.8. The lowest BCUT2D eigenvalue weighted by Gasteiger charge is -2.34. The normalized spacial score (nSPS) is 31.4. The van der Waals surface area contributed by atoms with Gasteiger partial charge in [0.2, 0.25) is 0 Å². The molecule has 16 heavy (non-hydrogen) atoms. The molecule has 1 atom stereocenters. The molecule has 0 radical (unpaired) electrons.